The van der Waals surface area contributed by atoms with Gasteiger partial charge in [-0.3, -0.25) is 0 Å². The number of hydrogen-bond acceptors (Lipinski definition) is 5. The van der Waals surface area contributed by atoms with Gasteiger partial charge in [-0.25, -0.2) is 9.97 Å². The van der Waals surface area contributed by atoms with Gasteiger partial charge in [0.05, 0.1) is 0 Å². The Labute approximate surface area is 164 Å². The van der Waals surface area contributed by atoms with Crippen molar-refractivity contribution in [3.05, 3.63) is 45.7 Å². The van der Waals surface area contributed by atoms with Gasteiger partial charge in [-0.15, -0.1) is 0 Å². The van der Waals surface area contributed by atoms with Gasteiger partial charge in [0.25, 0.3) is 0 Å². The van der Waals surface area contributed by atoms with Crippen LogP contribution in [0.1, 0.15) is 48.6 Å². The molecule has 1 heterocycles. The standard InChI is InChI=1S/C20H28BrN5/c1-13-24-19(22)18(20(25-13)26(2)3)15-7-9-17(10-8-15)23-12-14-5-4-6-16(21)11-14/h4-6,11,15,17,23H,7-10,12H2,1-3H3,(H2,22,24,25). The van der Waals surface area contributed by atoms with Crippen molar-refractivity contribution in [2.24, 2.45) is 0 Å². The minimum Gasteiger partial charge on any atom is -0.383 e. The molecule has 1 aromatic carbocycles. The number of rotatable bonds is 5. The number of aryl methyl sites for hydroxylation is 1. The lowest BCUT2D eigenvalue weighted by Crippen LogP contribution is -2.33. The predicted molar refractivity (Wildman–Crippen MR) is 111 cm³/mol. The zero-order chi connectivity index (χ0) is 18.7. The van der Waals surface area contributed by atoms with Gasteiger partial charge >= 0.3 is 0 Å². The molecule has 1 aliphatic rings. The van der Waals surface area contributed by atoms with E-state index in [9.17, 15) is 0 Å². The fraction of sp³-hybridized carbons (Fsp3) is 0.500. The summed E-state index contributed by atoms with van der Waals surface area (Å²) in [6.07, 6.45) is 4.54. The summed E-state index contributed by atoms with van der Waals surface area (Å²) in [5, 5.41) is 3.70. The molecule has 1 saturated carbocycles. The highest BCUT2D eigenvalue weighted by Crippen LogP contribution is 2.39. The Hall–Kier alpha value is -1.66. The molecule has 6 heteroatoms. The number of hydrogen-bond donors (Lipinski definition) is 2. The highest BCUT2D eigenvalue weighted by atomic mass is 79.9. The fourth-order valence-electron chi connectivity index (χ4n) is 3.82. The lowest BCUT2D eigenvalue weighted by atomic mass is 9.81. The smallest absolute Gasteiger partial charge is 0.137 e. The molecule has 2 aromatic rings. The molecule has 0 atom stereocenters. The van der Waals surface area contributed by atoms with E-state index in [2.05, 4.69) is 60.4 Å². The monoisotopic (exact) mass is 417 g/mol. The average Bonchev–Trinajstić information content (AvgIpc) is 2.60. The first kappa shape index (κ1) is 19.1. The van der Waals surface area contributed by atoms with Crippen LogP contribution < -0.4 is 16.0 Å². The molecule has 0 aliphatic heterocycles. The van der Waals surface area contributed by atoms with Crippen LogP contribution >= 0.6 is 15.9 Å². The van der Waals surface area contributed by atoms with Gasteiger partial charge in [0.15, 0.2) is 0 Å². The number of nitrogens with two attached hydrogens (primary N) is 1. The van der Waals surface area contributed by atoms with Gasteiger partial charge in [-0.1, -0.05) is 28.1 Å². The molecule has 0 amide bonds. The largest absolute Gasteiger partial charge is 0.383 e. The quantitative estimate of drug-likeness (QED) is 0.768. The van der Waals surface area contributed by atoms with Crippen LogP contribution in [0.4, 0.5) is 11.6 Å². The topological polar surface area (TPSA) is 67.1 Å². The summed E-state index contributed by atoms with van der Waals surface area (Å²) in [7, 11) is 4.05. The van der Waals surface area contributed by atoms with Crippen LogP contribution in [0, 0.1) is 6.92 Å². The van der Waals surface area contributed by atoms with Crippen LogP contribution in [0.2, 0.25) is 0 Å². The van der Waals surface area contributed by atoms with E-state index in [4.69, 9.17) is 5.73 Å². The zero-order valence-electron chi connectivity index (χ0n) is 15.8. The van der Waals surface area contributed by atoms with Crippen molar-refractivity contribution >= 4 is 27.6 Å². The second-order valence-corrected chi connectivity index (χ2v) is 8.26. The summed E-state index contributed by atoms with van der Waals surface area (Å²) in [4.78, 5) is 11.1. The van der Waals surface area contributed by atoms with Gasteiger partial charge < -0.3 is 16.0 Å². The summed E-state index contributed by atoms with van der Waals surface area (Å²) in [5.74, 6) is 2.79. The molecule has 0 radical (unpaired) electrons. The van der Waals surface area contributed by atoms with E-state index in [-0.39, 0.29) is 0 Å². The summed E-state index contributed by atoms with van der Waals surface area (Å²) in [6.45, 7) is 2.81. The Morgan fingerprint density at radius 2 is 1.92 bits per heavy atom. The normalized spacial score (nSPS) is 20.2. The molecule has 3 rings (SSSR count). The number of halogens is 1. The highest BCUT2D eigenvalue weighted by Gasteiger charge is 2.27. The molecule has 1 aromatic heterocycles. The molecule has 26 heavy (non-hydrogen) atoms. The van der Waals surface area contributed by atoms with Gasteiger partial charge in [0.2, 0.25) is 0 Å². The SMILES string of the molecule is Cc1nc(N)c(C2CCC(NCc3cccc(Br)c3)CC2)c(N(C)C)n1. The van der Waals surface area contributed by atoms with Crippen LogP contribution in [-0.2, 0) is 6.54 Å². The van der Waals surface area contributed by atoms with E-state index in [1.807, 2.05) is 21.0 Å². The maximum absolute atomic E-state index is 6.28. The molecular weight excluding hydrogens is 390 g/mol. The van der Waals surface area contributed by atoms with E-state index in [1.165, 1.54) is 5.56 Å². The van der Waals surface area contributed by atoms with Crippen molar-refractivity contribution in [1.29, 1.82) is 0 Å². The molecule has 1 fully saturated rings. The first-order valence-corrected chi connectivity index (χ1v) is 10.0. The molecule has 140 valence electrons. The van der Waals surface area contributed by atoms with E-state index in [1.54, 1.807) is 0 Å². The lowest BCUT2D eigenvalue weighted by Gasteiger charge is -2.31. The number of nitrogen functional groups attached to an aromatic ring is 1. The maximum Gasteiger partial charge on any atom is 0.137 e. The van der Waals surface area contributed by atoms with Crippen molar-refractivity contribution in [1.82, 2.24) is 15.3 Å². The summed E-state index contributed by atoms with van der Waals surface area (Å²) in [5.41, 5.74) is 8.72. The fourth-order valence-corrected chi connectivity index (χ4v) is 4.26. The predicted octanol–water partition coefficient (Wildman–Crippen LogP) is 4.01. The minimum absolute atomic E-state index is 0.442. The zero-order valence-corrected chi connectivity index (χ0v) is 17.4. The molecular formula is C20H28BrN5. The number of anilines is 2. The Morgan fingerprint density at radius 3 is 2.58 bits per heavy atom. The van der Waals surface area contributed by atoms with Crippen LogP contribution in [0.5, 0.6) is 0 Å². The minimum atomic E-state index is 0.442. The van der Waals surface area contributed by atoms with E-state index >= 15 is 0 Å². The summed E-state index contributed by atoms with van der Waals surface area (Å²) >= 11 is 3.54. The first-order valence-electron chi connectivity index (χ1n) is 9.23. The molecule has 0 saturated heterocycles. The van der Waals surface area contributed by atoms with Crippen molar-refractivity contribution in [3.63, 3.8) is 0 Å². The molecule has 3 N–H and O–H groups in total. The Morgan fingerprint density at radius 1 is 1.19 bits per heavy atom. The van der Waals surface area contributed by atoms with E-state index in [0.29, 0.717) is 17.8 Å². The van der Waals surface area contributed by atoms with Crippen LogP contribution in [0.15, 0.2) is 28.7 Å². The van der Waals surface area contributed by atoms with Crippen molar-refractivity contribution in [2.45, 2.75) is 51.1 Å². The molecule has 0 spiro atoms. The molecule has 0 unspecified atom stereocenters. The van der Waals surface area contributed by atoms with E-state index < -0.39 is 0 Å². The third-order valence-corrected chi connectivity index (χ3v) is 5.60. The number of nitrogens with one attached hydrogen (secondary N) is 1. The Balaban J connectivity index is 1.62. The first-order chi connectivity index (χ1) is 12.4. The van der Waals surface area contributed by atoms with Crippen LogP contribution in [-0.4, -0.2) is 30.1 Å². The van der Waals surface area contributed by atoms with Crippen molar-refractivity contribution in [3.8, 4) is 0 Å². The van der Waals surface area contributed by atoms with Crippen molar-refractivity contribution < 1.29 is 0 Å². The van der Waals surface area contributed by atoms with Gasteiger partial charge in [0.1, 0.15) is 17.5 Å². The maximum atomic E-state index is 6.28. The number of benzene rings is 1. The second-order valence-electron chi connectivity index (χ2n) is 7.35. The summed E-state index contributed by atoms with van der Waals surface area (Å²) in [6, 6.07) is 9.04. The number of aromatic nitrogens is 2. The molecule has 1 aliphatic carbocycles. The number of nitrogens with zero attached hydrogens (tertiary/aromatic N) is 3. The highest BCUT2D eigenvalue weighted by molar-refractivity contribution is 9.10. The van der Waals surface area contributed by atoms with E-state index in [0.717, 1.165) is 53.9 Å². The van der Waals surface area contributed by atoms with Gasteiger partial charge in [0, 0.05) is 36.7 Å². The molecule has 0 bridgehead atoms. The van der Waals surface area contributed by atoms with Crippen molar-refractivity contribution in [2.75, 3.05) is 24.7 Å². The van der Waals surface area contributed by atoms with Crippen LogP contribution in [0.3, 0.4) is 0 Å². The third-order valence-electron chi connectivity index (χ3n) is 5.11. The third kappa shape index (κ3) is 4.54. The average molecular weight is 418 g/mol. The second kappa shape index (κ2) is 8.35. The summed E-state index contributed by atoms with van der Waals surface area (Å²) < 4.78 is 1.13. The van der Waals surface area contributed by atoms with Crippen LogP contribution in [0.25, 0.3) is 0 Å². The van der Waals surface area contributed by atoms with Gasteiger partial charge in [-0.2, -0.15) is 0 Å². The molecule has 5 nitrogen and oxygen atoms in total. The van der Waals surface area contributed by atoms with Gasteiger partial charge in [-0.05, 0) is 56.2 Å². The Bertz CT molecular complexity index is 754. The Kier molecular flexibility index (Phi) is 6.14. The lowest BCUT2D eigenvalue weighted by molar-refractivity contribution is 0.341.